The predicted molar refractivity (Wildman–Crippen MR) is 76.9 cm³/mol. The Kier molecular flexibility index (Phi) is 4.01. The highest BCUT2D eigenvalue weighted by Gasteiger charge is 2.10. The SMILES string of the molecule is CCN(Cc1cccs1)c1ccc(C)cc1C#N. The maximum Gasteiger partial charge on any atom is 0.101 e. The first kappa shape index (κ1) is 12.7. The van der Waals surface area contributed by atoms with Crippen LogP contribution in [0.15, 0.2) is 35.7 Å². The predicted octanol–water partition coefficient (Wildman–Crippen LogP) is 3.95. The van der Waals surface area contributed by atoms with Gasteiger partial charge in [-0.25, -0.2) is 0 Å². The van der Waals surface area contributed by atoms with E-state index < -0.39 is 0 Å². The molecule has 0 saturated heterocycles. The van der Waals surface area contributed by atoms with Crippen LogP contribution in [0.2, 0.25) is 0 Å². The highest BCUT2D eigenvalue weighted by Crippen LogP contribution is 2.24. The molecule has 0 radical (unpaired) electrons. The highest BCUT2D eigenvalue weighted by molar-refractivity contribution is 7.09. The van der Waals surface area contributed by atoms with Gasteiger partial charge in [0.1, 0.15) is 6.07 Å². The zero-order valence-corrected chi connectivity index (χ0v) is 11.5. The quantitative estimate of drug-likeness (QED) is 0.828. The van der Waals surface area contributed by atoms with Gasteiger partial charge in [0.15, 0.2) is 0 Å². The second-order valence-electron chi connectivity index (χ2n) is 4.23. The van der Waals surface area contributed by atoms with Crippen LogP contribution in [-0.4, -0.2) is 6.54 Å². The van der Waals surface area contributed by atoms with Crippen molar-refractivity contribution in [2.45, 2.75) is 20.4 Å². The van der Waals surface area contributed by atoms with E-state index in [-0.39, 0.29) is 0 Å². The summed E-state index contributed by atoms with van der Waals surface area (Å²) in [6.07, 6.45) is 0. The second-order valence-corrected chi connectivity index (χ2v) is 5.26. The summed E-state index contributed by atoms with van der Waals surface area (Å²) in [6, 6.07) is 12.5. The van der Waals surface area contributed by atoms with Gasteiger partial charge in [-0.15, -0.1) is 11.3 Å². The lowest BCUT2D eigenvalue weighted by Gasteiger charge is -2.23. The largest absolute Gasteiger partial charge is 0.366 e. The average Bonchev–Trinajstić information content (AvgIpc) is 2.89. The first-order valence-corrected chi connectivity index (χ1v) is 6.90. The van der Waals surface area contributed by atoms with E-state index in [2.05, 4.69) is 41.5 Å². The van der Waals surface area contributed by atoms with E-state index in [0.717, 1.165) is 29.9 Å². The Balaban J connectivity index is 2.30. The number of nitrogens with zero attached hydrogens (tertiary/aromatic N) is 2. The van der Waals surface area contributed by atoms with Gasteiger partial charge in [0.05, 0.1) is 17.8 Å². The minimum atomic E-state index is 0.758. The summed E-state index contributed by atoms with van der Waals surface area (Å²) in [5, 5.41) is 11.3. The minimum Gasteiger partial charge on any atom is -0.366 e. The van der Waals surface area contributed by atoms with Crippen LogP contribution in [0.4, 0.5) is 5.69 Å². The molecule has 0 spiro atoms. The molecule has 2 aromatic rings. The third-order valence-electron chi connectivity index (χ3n) is 2.92. The van der Waals surface area contributed by atoms with Crippen molar-refractivity contribution in [3.05, 3.63) is 51.7 Å². The van der Waals surface area contributed by atoms with Gasteiger partial charge in [-0.1, -0.05) is 12.1 Å². The van der Waals surface area contributed by atoms with Gasteiger partial charge in [-0.2, -0.15) is 5.26 Å². The Morgan fingerprint density at radius 2 is 2.17 bits per heavy atom. The van der Waals surface area contributed by atoms with E-state index in [1.165, 1.54) is 4.88 Å². The number of hydrogen-bond donors (Lipinski definition) is 0. The number of benzene rings is 1. The maximum atomic E-state index is 9.24. The van der Waals surface area contributed by atoms with Gasteiger partial charge in [0, 0.05) is 11.4 Å². The molecule has 1 aromatic carbocycles. The summed E-state index contributed by atoms with van der Waals surface area (Å²) in [7, 11) is 0. The van der Waals surface area contributed by atoms with Gasteiger partial charge in [0.2, 0.25) is 0 Å². The molecule has 1 heterocycles. The van der Waals surface area contributed by atoms with Crippen LogP contribution in [0.5, 0.6) is 0 Å². The number of hydrogen-bond acceptors (Lipinski definition) is 3. The maximum absolute atomic E-state index is 9.24. The smallest absolute Gasteiger partial charge is 0.101 e. The number of rotatable bonds is 4. The van der Waals surface area contributed by atoms with Crippen LogP contribution in [0, 0.1) is 18.3 Å². The molecule has 0 aliphatic carbocycles. The van der Waals surface area contributed by atoms with Crippen LogP contribution in [0.3, 0.4) is 0 Å². The fourth-order valence-corrected chi connectivity index (χ4v) is 2.69. The topological polar surface area (TPSA) is 27.0 Å². The average molecular weight is 256 g/mol. The van der Waals surface area contributed by atoms with E-state index in [9.17, 15) is 5.26 Å². The third-order valence-corrected chi connectivity index (χ3v) is 3.78. The Hall–Kier alpha value is -1.79. The summed E-state index contributed by atoms with van der Waals surface area (Å²) in [5.41, 5.74) is 2.91. The molecule has 0 N–H and O–H groups in total. The van der Waals surface area contributed by atoms with E-state index in [0.29, 0.717) is 0 Å². The number of thiophene rings is 1. The summed E-state index contributed by atoms with van der Waals surface area (Å²) >= 11 is 1.75. The lowest BCUT2D eigenvalue weighted by Crippen LogP contribution is -2.22. The van der Waals surface area contributed by atoms with Gasteiger partial charge >= 0.3 is 0 Å². The number of nitriles is 1. The van der Waals surface area contributed by atoms with Crippen molar-refractivity contribution in [2.24, 2.45) is 0 Å². The molecule has 92 valence electrons. The summed E-state index contributed by atoms with van der Waals surface area (Å²) in [6.45, 7) is 5.90. The number of anilines is 1. The first-order chi connectivity index (χ1) is 8.74. The molecule has 0 aliphatic heterocycles. The van der Waals surface area contributed by atoms with Crippen LogP contribution >= 0.6 is 11.3 Å². The lowest BCUT2D eigenvalue weighted by molar-refractivity contribution is 0.840. The third kappa shape index (κ3) is 2.72. The molecule has 0 bridgehead atoms. The molecule has 0 unspecified atom stereocenters. The van der Waals surface area contributed by atoms with Gasteiger partial charge < -0.3 is 4.90 Å². The van der Waals surface area contributed by atoms with Crippen LogP contribution < -0.4 is 4.90 Å². The van der Waals surface area contributed by atoms with Crippen LogP contribution in [0.25, 0.3) is 0 Å². The molecule has 3 heteroatoms. The fraction of sp³-hybridized carbons (Fsp3) is 0.267. The summed E-state index contributed by atoms with van der Waals surface area (Å²) in [5.74, 6) is 0. The summed E-state index contributed by atoms with van der Waals surface area (Å²) < 4.78 is 0. The highest BCUT2D eigenvalue weighted by atomic mass is 32.1. The molecule has 0 fully saturated rings. The Morgan fingerprint density at radius 1 is 1.33 bits per heavy atom. The zero-order chi connectivity index (χ0) is 13.0. The standard InChI is InChI=1S/C15H16N2S/c1-3-17(11-14-5-4-8-18-14)15-7-6-12(2)9-13(15)10-16/h4-9H,3,11H2,1-2H3. The minimum absolute atomic E-state index is 0.758. The lowest BCUT2D eigenvalue weighted by atomic mass is 10.1. The Morgan fingerprint density at radius 3 is 2.78 bits per heavy atom. The monoisotopic (exact) mass is 256 g/mol. The van der Waals surface area contributed by atoms with E-state index in [1.54, 1.807) is 11.3 Å². The van der Waals surface area contributed by atoms with Gasteiger partial charge in [0.25, 0.3) is 0 Å². The fourth-order valence-electron chi connectivity index (χ4n) is 1.97. The number of aryl methyl sites for hydroxylation is 1. The zero-order valence-electron chi connectivity index (χ0n) is 10.7. The molecule has 18 heavy (non-hydrogen) atoms. The van der Waals surface area contributed by atoms with Crippen molar-refractivity contribution in [3.63, 3.8) is 0 Å². The molecule has 0 atom stereocenters. The molecule has 0 saturated carbocycles. The molecular formula is C15H16N2S. The molecule has 1 aromatic heterocycles. The first-order valence-electron chi connectivity index (χ1n) is 6.02. The molecular weight excluding hydrogens is 240 g/mol. The Labute approximate surface area is 112 Å². The van der Waals surface area contributed by atoms with Gasteiger partial charge in [-0.3, -0.25) is 0 Å². The van der Waals surface area contributed by atoms with Crippen molar-refractivity contribution in [1.82, 2.24) is 0 Å². The second kappa shape index (κ2) is 5.70. The Bertz CT molecular complexity index is 552. The molecule has 0 amide bonds. The van der Waals surface area contributed by atoms with Crippen molar-refractivity contribution < 1.29 is 0 Å². The van der Waals surface area contributed by atoms with Crippen LogP contribution in [0.1, 0.15) is 22.9 Å². The van der Waals surface area contributed by atoms with Crippen molar-refractivity contribution in [2.75, 3.05) is 11.4 Å². The van der Waals surface area contributed by atoms with Crippen molar-refractivity contribution in [3.8, 4) is 6.07 Å². The van der Waals surface area contributed by atoms with Gasteiger partial charge in [-0.05, 0) is 43.0 Å². The van der Waals surface area contributed by atoms with E-state index in [4.69, 9.17) is 0 Å². The molecule has 2 nitrogen and oxygen atoms in total. The summed E-state index contributed by atoms with van der Waals surface area (Å²) in [4.78, 5) is 3.56. The molecule has 2 rings (SSSR count). The van der Waals surface area contributed by atoms with E-state index in [1.807, 2.05) is 19.1 Å². The molecule has 0 aliphatic rings. The normalized spacial score (nSPS) is 10.1. The van der Waals surface area contributed by atoms with Crippen LogP contribution in [-0.2, 0) is 6.54 Å². The van der Waals surface area contributed by atoms with E-state index >= 15 is 0 Å². The van der Waals surface area contributed by atoms with Crippen molar-refractivity contribution >= 4 is 17.0 Å². The van der Waals surface area contributed by atoms with Crippen molar-refractivity contribution in [1.29, 1.82) is 5.26 Å².